The lowest BCUT2D eigenvalue weighted by atomic mass is 9.75. The average molecular weight is 527 g/mol. The first-order valence-corrected chi connectivity index (χ1v) is 12.4. The minimum atomic E-state index is -0.566. The van der Waals surface area contributed by atoms with Crippen molar-refractivity contribution in [3.05, 3.63) is 76.4 Å². The number of pyridine rings is 2. The number of methoxy groups -OCH3 is 1. The number of hydrogen-bond acceptors (Lipinski definition) is 5. The number of ether oxygens (including phenoxy) is 1. The molecule has 4 aromatic rings. The summed E-state index contributed by atoms with van der Waals surface area (Å²) in [5.74, 6) is 0.716. The number of nitrogens with zero attached hydrogens (tertiary/aromatic N) is 4. The molecule has 4 heterocycles. The van der Waals surface area contributed by atoms with Crippen molar-refractivity contribution in [1.82, 2.24) is 14.6 Å². The van der Waals surface area contributed by atoms with Gasteiger partial charge in [0, 0.05) is 36.8 Å². The first-order valence-electron chi connectivity index (χ1n) is 11.7. The second-order valence-electron chi connectivity index (χ2n) is 9.48. The molecule has 0 aliphatic carbocycles. The van der Waals surface area contributed by atoms with Crippen molar-refractivity contribution in [3.63, 3.8) is 0 Å². The molecule has 0 spiro atoms. The molecule has 3 aromatic heterocycles. The Labute approximate surface area is 218 Å². The standard InChI is InChI=1S/C27H25Cl2FN4O2/c1-27(13-23(35)25-20(28)4-3-5-22(25)30)8-10-33(11-9-27)24-7-6-17(14-31-24)19-12-18(36-2)16-34-26(19)21(29)15-32-34/h3-7,12,14-16H,8-11,13H2,1-2H3. The summed E-state index contributed by atoms with van der Waals surface area (Å²) in [5, 5.41) is 5.01. The average Bonchev–Trinajstić information content (AvgIpc) is 3.24. The van der Waals surface area contributed by atoms with Crippen LogP contribution >= 0.6 is 23.2 Å². The van der Waals surface area contributed by atoms with Gasteiger partial charge in [-0.2, -0.15) is 5.10 Å². The van der Waals surface area contributed by atoms with Crippen molar-refractivity contribution in [2.75, 3.05) is 25.1 Å². The van der Waals surface area contributed by atoms with E-state index in [9.17, 15) is 9.18 Å². The molecule has 1 aromatic carbocycles. The molecule has 0 bridgehead atoms. The molecule has 186 valence electrons. The Morgan fingerprint density at radius 2 is 1.92 bits per heavy atom. The second kappa shape index (κ2) is 9.71. The minimum Gasteiger partial charge on any atom is -0.495 e. The van der Waals surface area contributed by atoms with E-state index >= 15 is 0 Å². The molecule has 36 heavy (non-hydrogen) atoms. The summed E-state index contributed by atoms with van der Waals surface area (Å²) in [7, 11) is 1.61. The van der Waals surface area contributed by atoms with Crippen molar-refractivity contribution in [2.45, 2.75) is 26.2 Å². The summed E-state index contributed by atoms with van der Waals surface area (Å²) in [6.07, 6.45) is 7.04. The van der Waals surface area contributed by atoms with Gasteiger partial charge < -0.3 is 9.64 Å². The van der Waals surface area contributed by atoms with Gasteiger partial charge in [-0.1, -0.05) is 36.2 Å². The van der Waals surface area contributed by atoms with E-state index in [0.717, 1.165) is 48.4 Å². The highest BCUT2D eigenvalue weighted by Crippen LogP contribution is 2.38. The Morgan fingerprint density at radius 3 is 2.58 bits per heavy atom. The number of aromatic nitrogens is 3. The maximum Gasteiger partial charge on any atom is 0.167 e. The van der Waals surface area contributed by atoms with Crippen LogP contribution in [0.2, 0.25) is 10.0 Å². The van der Waals surface area contributed by atoms with Gasteiger partial charge in [0.2, 0.25) is 0 Å². The summed E-state index contributed by atoms with van der Waals surface area (Å²) in [6, 6.07) is 10.3. The highest BCUT2D eigenvalue weighted by molar-refractivity contribution is 6.34. The minimum absolute atomic E-state index is 0.00924. The van der Waals surface area contributed by atoms with Crippen molar-refractivity contribution in [2.24, 2.45) is 5.41 Å². The van der Waals surface area contributed by atoms with Crippen molar-refractivity contribution >= 4 is 40.3 Å². The third-order valence-corrected chi connectivity index (χ3v) is 7.55. The summed E-state index contributed by atoms with van der Waals surface area (Å²) in [4.78, 5) is 19.8. The molecule has 6 nitrogen and oxygen atoms in total. The molecule has 1 fully saturated rings. The van der Waals surface area contributed by atoms with Crippen LogP contribution in [-0.4, -0.2) is 40.6 Å². The van der Waals surface area contributed by atoms with Crippen LogP contribution in [0.25, 0.3) is 16.6 Å². The first-order chi connectivity index (χ1) is 17.3. The lowest BCUT2D eigenvalue weighted by Crippen LogP contribution is -2.40. The number of carbonyl (C=O) groups excluding carboxylic acids is 1. The Bertz CT molecular complexity index is 1410. The zero-order valence-electron chi connectivity index (χ0n) is 20.0. The number of carbonyl (C=O) groups is 1. The Morgan fingerprint density at radius 1 is 1.14 bits per heavy atom. The Hall–Kier alpha value is -3.16. The molecule has 0 amide bonds. The van der Waals surface area contributed by atoms with Gasteiger partial charge in [0.1, 0.15) is 17.4 Å². The fourth-order valence-corrected chi connectivity index (χ4v) is 5.32. The highest BCUT2D eigenvalue weighted by atomic mass is 35.5. The number of piperidine rings is 1. The highest BCUT2D eigenvalue weighted by Gasteiger charge is 2.34. The SMILES string of the molecule is COc1cc(-c2ccc(N3CCC(C)(CC(=O)c4c(F)cccc4Cl)CC3)nc2)c2c(Cl)cnn2c1. The van der Waals surface area contributed by atoms with Crippen LogP contribution in [0.5, 0.6) is 5.75 Å². The zero-order chi connectivity index (χ0) is 25.4. The van der Waals surface area contributed by atoms with E-state index in [-0.39, 0.29) is 28.2 Å². The van der Waals surface area contributed by atoms with Crippen molar-refractivity contribution < 1.29 is 13.9 Å². The monoisotopic (exact) mass is 526 g/mol. The normalized spacial score (nSPS) is 15.3. The smallest absolute Gasteiger partial charge is 0.167 e. The quantitative estimate of drug-likeness (QED) is 0.260. The number of fused-ring (bicyclic) bond motifs is 1. The van der Waals surface area contributed by atoms with E-state index in [4.69, 9.17) is 32.9 Å². The fraction of sp³-hybridized carbons (Fsp3) is 0.296. The van der Waals surface area contributed by atoms with E-state index in [1.54, 1.807) is 30.1 Å². The molecular formula is C27H25Cl2FN4O2. The van der Waals surface area contributed by atoms with Gasteiger partial charge in [-0.05, 0) is 48.6 Å². The number of benzene rings is 1. The molecule has 0 atom stereocenters. The zero-order valence-corrected chi connectivity index (χ0v) is 21.5. The van der Waals surface area contributed by atoms with Gasteiger partial charge in [0.05, 0.1) is 40.6 Å². The third-order valence-electron chi connectivity index (χ3n) is 6.96. The first kappa shape index (κ1) is 24.5. The predicted octanol–water partition coefficient (Wildman–Crippen LogP) is 6.73. The van der Waals surface area contributed by atoms with E-state index in [0.29, 0.717) is 10.8 Å². The van der Waals surface area contributed by atoms with E-state index in [1.807, 2.05) is 24.4 Å². The fourth-order valence-electron chi connectivity index (χ4n) is 4.82. The van der Waals surface area contributed by atoms with Crippen LogP contribution in [-0.2, 0) is 0 Å². The molecule has 0 saturated carbocycles. The van der Waals surface area contributed by atoms with Crippen LogP contribution in [0.15, 0.2) is 55.0 Å². The molecule has 0 N–H and O–H groups in total. The van der Waals surface area contributed by atoms with Gasteiger partial charge in [-0.15, -0.1) is 0 Å². The molecule has 0 radical (unpaired) electrons. The van der Waals surface area contributed by atoms with Gasteiger partial charge in [0.25, 0.3) is 0 Å². The van der Waals surface area contributed by atoms with E-state index in [2.05, 4.69) is 16.9 Å². The molecular weight excluding hydrogens is 502 g/mol. The topological polar surface area (TPSA) is 59.7 Å². The maximum atomic E-state index is 14.2. The van der Waals surface area contributed by atoms with Crippen molar-refractivity contribution in [3.8, 4) is 16.9 Å². The molecule has 1 aliphatic heterocycles. The second-order valence-corrected chi connectivity index (χ2v) is 10.3. The van der Waals surface area contributed by atoms with Gasteiger partial charge >= 0.3 is 0 Å². The van der Waals surface area contributed by atoms with Gasteiger partial charge in [0.15, 0.2) is 5.78 Å². The summed E-state index contributed by atoms with van der Waals surface area (Å²) >= 11 is 12.5. The van der Waals surface area contributed by atoms with Crippen LogP contribution in [0, 0.1) is 11.2 Å². The molecule has 9 heteroatoms. The lowest BCUT2D eigenvalue weighted by molar-refractivity contribution is 0.0894. The van der Waals surface area contributed by atoms with Crippen LogP contribution < -0.4 is 9.64 Å². The Kier molecular flexibility index (Phi) is 6.62. The van der Waals surface area contributed by atoms with Gasteiger partial charge in [-0.25, -0.2) is 13.9 Å². The number of ketones is 1. The lowest BCUT2D eigenvalue weighted by Gasteiger charge is -2.39. The molecule has 1 saturated heterocycles. The number of anilines is 1. The molecule has 5 rings (SSSR count). The number of Topliss-reactive ketones (excluding diaryl/α,β-unsaturated/α-hetero) is 1. The van der Waals surface area contributed by atoms with E-state index in [1.165, 1.54) is 12.1 Å². The number of hydrogen-bond donors (Lipinski definition) is 0. The predicted molar refractivity (Wildman–Crippen MR) is 140 cm³/mol. The van der Waals surface area contributed by atoms with Crippen molar-refractivity contribution in [1.29, 1.82) is 0 Å². The van der Waals surface area contributed by atoms with Crippen LogP contribution in [0.4, 0.5) is 10.2 Å². The van der Waals surface area contributed by atoms with Crippen LogP contribution in [0.1, 0.15) is 36.5 Å². The van der Waals surface area contributed by atoms with E-state index < -0.39 is 5.82 Å². The largest absolute Gasteiger partial charge is 0.495 e. The third kappa shape index (κ3) is 4.65. The summed E-state index contributed by atoms with van der Waals surface area (Å²) in [5.41, 5.74) is 2.33. The molecule has 0 unspecified atom stereocenters. The summed E-state index contributed by atoms with van der Waals surface area (Å²) < 4.78 is 21.3. The molecule has 1 aliphatic rings. The summed E-state index contributed by atoms with van der Waals surface area (Å²) in [6.45, 7) is 3.58. The maximum absolute atomic E-state index is 14.2. The number of halogens is 3. The Balaban J connectivity index is 1.30. The number of rotatable bonds is 6. The van der Waals surface area contributed by atoms with Gasteiger partial charge in [-0.3, -0.25) is 4.79 Å². The van der Waals surface area contributed by atoms with Crippen LogP contribution in [0.3, 0.4) is 0 Å².